The predicted molar refractivity (Wildman–Crippen MR) is 81.0 cm³/mol. The average molecular weight is 280 g/mol. The van der Waals surface area contributed by atoms with Crippen LogP contribution < -0.4 is 0 Å². The van der Waals surface area contributed by atoms with Crippen molar-refractivity contribution in [2.75, 3.05) is 0 Å². The van der Waals surface area contributed by atoms with E-state index in [1.54, 1.807) is 4.68 Å². The van der Waals surface area contributed by atoms with Crippen molar-refractivity contribution in [3.8, 4) is 0 Å². The Kier molecular flexibility index (Phi) is 2.95. The standard InChI is InChI=1S/C18H20N2O/c1-20-11-12(10-19-20)6-9-16(21)18-15-8-7-13-4-2-3-5-14(13)17(15)18/h2-5,10-11,15,17-18H,6-9H2,1H3. The molecule has 108 valence electrons. The number of Topliss-reactive ketones (excluding diaryl/α,β-unsaturated/α-hetero) is 1. The lowest BCUT2D eigenvalue weighted by Gasteiger charge is -2.13. The van der Waals surface area contributed by atoms with E-state index in [9.17, 15) is 4.79 Å². The molecule has 0 bridgehead atoms. The molecular weight excluding hydrogens is 260 g/mol. The van der Waals surface area contributed by atoms with Gasteiger partial charge in [-0.05, 0) is 47.8 Å². The number of hydrogen-bond donors (Lipinski definition) is 0. The Morgan fingerprint density at radius 2 is 2.24 bits per heavy atom. The van der Waals surface area contributed by atoms with Crippen LogP contribution in [0.4, 0.5) is 0 Å². The summed E-state index contributed by atoms with van der Waals surface area (Å²) in [4.78, 5) is 12.5. The van der Waals surface area contributed by atoms with E-state index >= 15 is 0 Å². The fourth-order valence-electron chi connectivity index (χ4n) is 4.04. The lowest BCUT2D eigenvalue weighted by Crippen LogP contribution is -2.04. The molecule has 2 aromatic rings. The molecule has 2 aliphatic carbocycles. The van der Waals surface area contributed by atoms with Crippen LogP contribution in [0.3, 0.4) is 0 Å². The maximum atomic E-state index is 12.5. The minimum Gasteiger partial charge on any atom is -0.299 e. The van der Waals surface area contributed by atoms with Gasteiger partial charge in [0.15, 0.2) is 0 Å². The second-order valence-corrected chi connectivity index (χ2v) is 6.44. The van der Waals surface area contributed by atoms with Crippen molar-refractivity contribution < 1.29 is 4.79 Å². The fourth-order valence-corrected chi connectivity index (χ4v) is 4.04. The molecular formula is C18H20N2O. The smallest absolute Gasteiger partial charge is 0.137 e. The van der Waals surface area contributed by atoms with Crippen molar-refractivity contribution in [3.05, 3.63) is 53.3 Å². The summed E-state index contributed by atoms with van der Waals surface area (Å²) < 4.78 is 1.80. The van der Waals surface area contributed by atoms with E-state index in [2.05, 4.69) is 29.4 Å². The van der Waals surface area contributed by atoms with Crippen molar-refractivity contribution in [2.24, 2.45) is 18.9 Å². The molecule has 0 aliphatic heterocycles. The normalized spacial score (nSPS) is 26.0. The molecule has 0 N–H and O–H groups in total. The van der Waals surface area contributed by atoms with Gasteiger partial charge in [0.2, 0.25) is 0 Å². The van der Waals surface area contributed by atoms with E-state index in [-0.39, 0.29) is 5.92 Å². The highest BCUT2D eigenvalue weighted by Gasteiger charge is 2.56. The SMILES string of the molecule is Cn1cc(CCC(=O)C2C3CCc4ccccc4C32)cn1. The van der Waals surface area contributed by atoms with Crippen molar-refractivity contribution in [1.82, 2.24) is 9.78 Å². The molecule has 3 heteroatoms. The summed E-state index contributed by atoms with van der Waals surface area (Å²) in [6, 6.07) is 8.67. The number of hydrogen-bond acceptors (Lipinski definition) is 2. The second-order valence-electron chi connectivity index (χ2n) is 6.44. The van der Waals surface area contributed by atoms with Crippen LogP contribution in [-0.2, 0) is 24.7 Å². The lowest BCUT2D eigenvalue weighted by molar-refractivity contribution is -0.120. The Morgan fingerprint density at radius 1 is 1.38 bits per heavy atom. The number of aromatic nitrogens is 2. The van der Waals surface area contributed by atoms with Crippen LogP contribution >= 0.6 is 0 Å². The average Bonchev–Trinajstić information content (AvgIpc) is 3.11. The summed E-state index contributed by atoms with van der Waals surface area (Å²) >= 11 is 0. The summed E-state index contributed by atoms with van der Waals surface area (Å²) in [6.45, 7) is 0. The van der Waals surface area contributed by atoms with Crippen molar-refractivity contribution in [1.29, 1.82) is 0 Å². The highest BCUT2D eigenvalue weighted by molar-refractivity contribution is 5.86. The first-order valence-electron chi connectivity index (χ1n) is 7.82. The third-order valence-corrected chi connectivity index (χ3v) is 5.12. The molecule has 1 aromatic carbocycles. The number of benzene rings is 1. The zero-order valence-corrected chi connectivity index (χ0v) is 12.3. The highest BCUT2D eigenvalue weighted by Crippen LogP contribution is 2.60. The van der Waals surface area contributed by atoms with Crippen molar-refractivity contribution in [3.63, 3.8) is 0 Å². The molecule has 21 heavy (non-hydrogen) atoms. The number of carbonyl (C=O) groups is 1. The zero-order valence-electron chi connectivity index (χ0n) is 12.3. The van der Waals surface area contributed by atoms with E-state index in [4.69, 9.17) is 0 Å². The number of aryl methyl sites for hydroxylation is 3. The molecule has 1 heterocycles. The fraction of sp³-hybridized carbons (Fsp3) is 0.444. The molecule has 3 nitrogen and oxygen atoms in total. The van der Waals surface area contributed by atoms with Gasteiger partial charge in [0.1, 0.15) is 5.78 Å². The van der Waals surface area contributed by atoms with Gasteiger partial charge in [-0.15, -0.1) is 0 Å². The molecule has 3 atom stereocenters. The third-order valence-electron chi connectivity index (χ3n) is 5.12. The predicted octanol–water partition coefficient (Wildman–Crippen LogP) is 2.90. The Hall–Kier alpha value is -1.90. The Morgan fingerprint density at radius 3 is 3.05 bits per heavy atom. The van der Waals surface area contributed by atoms with E-state index < -0.39 is 0 Å². The first-order chi connectivity index (χ1) is 10.2. The monoisotopic (exact) mass is 280 g/mol. The molecule has 1 aromatic heterocycles. The van der Waals surface area contributed by atoms with Crippen LogP contribution in [0.1, 0.15) is 35.4 Å². The van der Waals surface area contributed by atoms with Gasteiger partial charge in [0.05, 0.1) is 6.20 Å². The maximum Gasteiger partial charge on any atom is 0.137 e. The number of fused-ring (bicyclic) bond motifs is 3. The van der Waals surface area contributed by atoms with E-state index in [0.29, 0.717) is 24.0 Å². The Balaban J connectivity index is 1.43. The minimum atomic E-state index is 0.283. The quantitative estimate of drug-likeness (QED) is 0.863. The zero-order chi connectivity index (χ0) is 14.4. The number of ketones is 1. The minimum absolute atomic E-state index is 0.283. The van der Waals surface area contributed by atoms with Gasteiger partial charge in [0.25, 0.3) is 0 Å². The van der Waals surface area contributed by atoms with Crippen molar-refractivity contribution >= 4 is 5.78 Å². The van der Waals surface area contributed by atoms with Crippen LogP contribution in [0.2, 0.25) is 0 Å². The second kappa shape index (κ2) is 4.83. The molecule has 0 radical (unpaired) electrons. The Bertz CT molecular complexity index is 688. The molecule has 1 fully saturated rings. The number of rotatable bonds is 4. The number of carbonyl (C=O) groups excluding carboxylic acids is 1. The van der Waals surface area contributed by atoms with Crippen LogP contribution in [0.25, 0.3) is 0 Å². The summed E-state index contributed by atoms with van der Waals surface area (Å²) in [5, 5.41) is 4.16. The molecule has 0 amide bonds. The maximum absolute atomic E-state index is 12.5. The van der Waals surface area contributed by atoms with Gasteiger partial charge in [-0.3, -0.25) is 9.48 Å². The van der Waals surface area contributed by atoms with E-state index in [1.807, 2.05) is 19.4 Å². The third kappa shape index (κ3) is 2.21. The van der Waals surface area contributed by atoms with Gasteiger partial charge >= 0.3 is 0 Å². The molecule has 0 spiro atoms. The van der Waals surface area contributed by atoms with E-state index in [1.165, 1.54) is 17.5 Å². The molecule has 1 saturated carbocycles. The molecule has 2 aliphatic rings. The van der Waals surface area contributed by atoms with Crippen LogP contribution in [0.5, 0.6) is 0 Å². The van der Waals surface area contributed by atoms with Gasteiger partial charge in [0, 0.05) is 25.6 Å². The van der Waals surface area contributed by atoms with Crippen molar-refractivity contribution in [2.45, 2.75) is 31.6 Å². The largest absolute Gasteiger partial charge is 0.299 e. The highest BCUT2D eigenvalue weighted by atomic mass is 16.1. The number of nitrogens with zero attached hydrogens (tertiary/aromatic N) is 2. The Labute approximate surface area is 125 Å². The first-order valence-corrected chi connectivity index (χ1v) is 7.82. The van der Waals surface area contributed by atoms with Gasteiger partial charge < -0.3 is 0 Å². The molecule has 3 unspecified atom stereocenters. The van der Waals surface area contributed by atoms with E-state index in [0.717, 1.165) is 18.4 Å². The lowest BCUT2D eigenvalue weighted by atomic mass is 9.92. The van der Waals surface area contributed by atoms with Gasteiger partial charge in [-0.2, -0.15) is 5.10 Å². The summed E-state index contributed by atoms with van der Waals surface area (Å²) in [7, 11) is 1.91. The first kappa shape index (κ1) is 12.8. The van der Waals surface area contributed by atoms with Crippen LogP contribution in [-0.4, -0.2) is 15.6 Å². The topological polar surface area (TPSA) is 34.9 Å². The van der Waals surface area contributed by atoms with Crippen LogP contribution in [0, 0.1) is 11.8 Å². The molecule has 0 saturated heterocycles. The summed E-state index contributed by atoms with van der Waals surface area (Å²) in [6.07, 6.45) is 7.68. The van der Waals surface area contributed by atoms with Gasteiger partial charge in [-0.25, -0.2) is 0 Å². The molecule has 4 rings (SSSR count). The van der Waals surface area contributed by atoms with Gasteiger partial charge in [-0.1, -0.05) is 24.3 Å². The van der Waals surface area contributed by atoms with Crippen LogP contribution in [0.15, 0.2) is 36.7 Å². The summed E-state index contributed by atoms with van der Waals surface area (Å²) in [5.41, 5.74) is 4.06. The summed E-state index contributed by atoms with van der Waals surface area (Å²) in [5.74, 6) is 1.86.